The van der Waals surface area contributed by atoms with E-state index in [0.29, 0.717) is 45.1 Å². The lowest BCUT2D eigenvalue weighted by molar-refractivity contribution is 0.184. The number of carbonyl (C=O) groups is 1. The zero-order valence-electron chi connectivity index (χ0n) is 14.1. The first-order valence-electron chi connectivity index (χ1n) is 8.55. The molecule has 0 radical (unpaired) electrons. The quantitative estimate of drug-likeness (QED) is 0.799. The molecule has 0 aliphatic carbocycles. The molecular weight excluding hydrogens is 313 g/mol. The van der Waals surface area contributed by atoms with Gasteiger partial charge in [0.25, 0.3) is 0 Å². The van der Waals surface area contributed by atoms with Gasteiger partial charge in [-0.2, -0.15) is 5.10 Å². The van der Waals surface area contributed by atoms with E-state index >= 15 is 0 Å². The summed E-state index contributed by atoms with van der Waals surface area (Å²) in [4.78, 5) is 14.0. The van der Waals surface area contributed by atoms with Crippen molar-refractivity contribution in [3.05, 3.63) is 18.0 Å². The number of hydrogen-bond acceptors (Lipinski definition) is 4. The fraction of sp³-hybridized carbons (Fsp3) is 0.750. The van der Waals surface area contributed by atoms with Crippen molar-refractivity contribution >= 4 is 6.03 Å². The monoisotopic (exact) mass is 339 g/mol. The number of hydrogen-bond donors (Lipinski definition) is 2. The summed E-state index contributed by atoms with van der Waals surface area (Å²) < 4.78 is 20.8. The van der Waals surface area contributed by atoms with Gasteiger partial charge in [0.15, 0.2) is 0 Å². The van der Waals surface area contributed by atoms with Crippen LogP contribution in [0.3, 0.4) is 0 Å². The van der Waals surface area contributed by atoms with Crippen LogP contribution in [-0.4, -0.2) is 65.8 Å². The molecule has 1 aromatic heterocycles. The van der Waals surface area contributed by atoms with Crippen molar-refractivity contribution in [3.8, 4) is 0 Å². The van der Waals surface area contributed by atoms with Gasteiger partial charge in [0, 0.05) is 63.6 Å². The number of ether oxygens (including phenoxy) is 1. The number of urea groups is 1. The maximum absolute atomic E-state index is 13.8. The molecule has 0 aromatic carbocycles. The van der Waals surface area contributed by atoms with E-state index in [9.17, 15) is 9.18 Å². The topological polar surface area (TPSA) is 71.4 Å². The first-order valence-corrected chi connectivity index (χ1v) is 8.55. The highest BCUT2D eigenvalue weighted by atomic mass is 19.1. The molecule has 3 rings (SSSR count). The third kappa shape index (κ3) is 4.67. The molecule has 3 atom stereocenters. The van der Waals surface area contributed by atoms with Crippen molar-refractivity contribution in [2.45, 2.75) is 31.6 Å². The summed E-state index contributed by atoms with van der Waals surface area (Å²) in [6.45, 7) is 3.63. The molecule has 7 nitrogen and oxygen atoms in total. The summed E-state index contributed by atoms with van der Waals surface area (Å²) >= 11 is 0. The predicted molar refractivity (Wildman–Crippen MR) is 87.2 cm³/mol. The van der Waals surface area contributed by atoms with Gasteiger partial charge in [-0.3, -0.25) is 9.58 Å². The minimum Gasteiger partial charge on any atom is -0.381 e. The van der Waals surface area contributed by atoms with Crippen LogP contribution in [0.25, 0.3) is 0 Å². The SMILES string of the molecule is Cn1cc(CN2C[C@@H](F)C[C@H]2CNC(=O)NC[C@H]2CCOC2)cn1. The molecule has 0 spiro atoms. The summed E-state index contributed by atoms with van der Waals surface area (Å²) in [6.07, 6.45) is 4.34. The van der Waals surface area contributed by atoms with Crippen LogP contribution in [0.4, 0.5) is 9.18 Å². The maximum Gasteiger partial charge on any atom is 0.314 e. The molecule has 134 valence electrons. The molecule has 2 aliphatic heterocycles. The minimum atomic E-state index is -0.841. The lowest BCUT2D eigenvalue weighted by Crippen LogP contribution is -2.44. The molecule has 2 amide bonds. The fourth-order valence-electron chi connectivity index (χ4n) is 3.37. The fourth-order valence-corrected chi connectivity index (χ4v) is 3.37. The smallest absolute Gasteiger partial charge is 0.314 e. The van der Waals surface area contributed by atoms with Crippen LogP contribution >= 0.6 is 0 Å². The average molecular weight is 339 g/mol. The van der Waals surface area contributed by atoms with Crippen molar-refractivity contribution in [1.29, 1.82) is 0 Å². The molecule has 2 aliphatic rings. The van der Waals surface area contributed by atoms with E-state index in [4.69, 9.17) is 4.74 Å². The lowest BCUT2D eigenvalue weighted by Gasteiger charge is -2.23. The van der Waals surface area contributed by atoms with Gasteiger partial charge in [0.2, 0.25) is 0 Å². The Morgan fingerprint density at radius 2 is 2.29 bits per heavy atom. The van der Waals surface area contributed by atoms with Crippen LogP contribution in [0.2, 0.25) is 0 Å². The van der Waals surface area contributed by atoms with Crippen LogP contribution in [0, 0.1) is 5.92 Å². The van der Waals surface area contributed by atoms with Crippen LogP contribution in [-0.2, 0) is 18.3 Å². The lowest BCUT2D eigenvalue weighted by atomic mass is 10.1. The summed E-state index contributed by atoms with van der Waals surface area (Å²) in [7, 11) is 1.87. The second kappa shape index (κ2) is 7.94. The van der Waals surface area contributed by atoms with Crippen LogP contribution in [0.15, 0.2) is 12.4 Å². The Bertz CT molecular complexity index is 546. The molecule has 2 saturated heterocycles. The number of likely N-dealkylation sites (tertiary alicyclic amines) is 1. The van der Waals surface area contributed by atoms with Gasteiger partial charge >= 0.3 is 6.03 Å². The standard InChI is InChI=1S/C16H26FN5O2/c1-21-8-13(6-20-21)9-22-10-14(17)4-15(22)7-19-16(23)18-5-12-2-3-24-11-12/h6,8,12,14-15H,2-5,7,9-11H2,1H3,(H2,18,19,23)/t12-,14+,15+/m1/s1. The first kappa shape index (κ1) is 17.2. The highest BCUT2D eigenvalue weighted by molar-refractivity contribution is 5.73. The number of nitrogens with one attached hydrogen (secondary N) is 2. The van der Waals surface area contributed by atoms with Gasteiger partial charge in [-0.15, -0.1) is 0 Å². The Balaban J connectivity index is 1.42. The summed E-state index contributed by atoms with van der Waals surface area (Å²) in [5.74, 6) is 0.402. The zero-order chi connectivity index (χ0) is 16.9. The van der Waals surface area contributed by atoms with Crippen molar-refractivity contribution in [1.82, 2.24) is 25.3 Å². The number of nitrogens with zero attached hydrogens (tertiary/aromatic N) is 3. The van der Waals surface area contributed by atoms with E-state index in [0.717, 1.165) is 18.6 Å². The van der Waals surface area contributed by atoms with E-state index < -0.39 is 6.17 Å². The van der Waals surface area contributed by atoms with Gasteiger partial charge in [-0.25, -0.2) is 9.18 Å². The Hall–Kier alpha value is -1.67. The summed E-state index contributed by atoms with van der Waals surface area (Å²) in [5, 5.41) is 9.89. The molecule has 2 fully saturated rings. The number of rotatable bonds is 6. The van der Waals surface area contributed by atoms with Crippen molar-refractivity contribution in [2.24, 2.45) is 13.0 Å². The average Bonchev–Trinajstić information content (AvgIpc) is 3.26. The molecule has 0 unspecified atom stereocenters. The number of amides is 2. The number of carbonyl (C=O) groups excluding carboxylic acids is 1. The number of aromatic nitrogens is 2. The Morgan fingerprint density at radius 3 is 3.00 bits per heavy atom. The third-order valence-electron chi connectivity index (χ3n) is 4.69. The van der Waals surface area contributed by atoms with Crippen molar-refractivity contribution in [2.75, 3.05) is 32.8 Å². The number of aryl methyl sites for hydroxylation is 1. The minimum absolute atomic E-state index is 0.0146. The van der Waals surface area contributed by atoms with Crippen LogP contribution < -0.4 is 10.6 Å². The molecule has 2 N–H and O–H groups in total. The normalized spacial score (nSPS) is 27.5. The van der Waals surface area contributed by atoms with E-state index in [-0.39, 0.29) is 12.1 Å². The molecule has 1 aromatic rings. The maximum atomic E-state index is 13.8. The largest absolute Gasteiger partial charge is 0.381 e. The highest BCUT2D eigenvalue weighted by Crippen LogP contribution is 2.22. The van der Waals surface area contributed by atoms with Gasteiger partial charge in [0.1, 0.15) is 6.17 Å². The molecule has 24 heavy (non-hydrogen) atoms. The van der Waals surface area contributed by atoms with E-state index in [1.807, 2.05) is 13.2 Å². The second-order valence-electron chi connectivity index (χ2n) is 6.76. The van der Waals surface area contributed by atoms with Gasteiger partial charge in [-0.1, -0.05) is 0 Å². The van der Waals surface area contributed by atoms with Crippen LogP contribution in [0.5, 0.6) is 0 Å². The first-order chi connectivity index (χ1) is 11.6. The Kier molecular flexibility index (Phi) is 5.68. The zero-order valence-corrected chi connectivity index (χ0v) is 14.1. The van der Waals surface area contributed by atoms with Gasteiger partial charge in [-0.05, 0) is 12.8 Å². The second-order valence-corrected chi connectivity index (χ2v) is 6.76. The van der Waals surface area contributed by atoms with Crippen molar-refractivity contribution < 1.29 is 13.9 Å². The van der Waals surface area contributed by atoms with Gasteiger partial charge < -0.3 is 15.4 Å². The van der Waals surface area contributed by atoms with Crippen molar-refractivity contribution in [3.63, 3.8) is 0 Å². The van der Waals surface area contributed by atoms with Crippen LogP contribution in [0.1, 0.15) is 18.4 Å². The molecule has 0 bridgehead atoms. The molecular formula is C16H26FN5O2. The number of halogens is 1. The van der Waals surface area contributed by atoms with Gasteiger partial charge in [0.05, 0.1) is 12.8 Å². The Labute approximate surface area is 141 Å². The third-order valence-corrected chi connectivity index (χ3v) is 4.69. The summed E-state index contributed by atoms with van der Waals surface area (Å²) in [5.41, 5.74) is 1.06. The summed E-state index contributed by atoms with van der Waals surface area (Å²) in [6, 6.07) is -0.175. The molecule has 0 saturated carbocycles. The molecule has 3 heterocycles. The van der Waals surface area contributed by atoms with E-state index in [2.05, 4.69) is 20.6 Å². The Morgan fingerprint density at radius 1 is 1.46 bits per heavy atom. The van der Waals surface area contributed by atoms with E-state index in [1.54, 1.807) is 10.9 Å². The molecule has 8 heteroatoms. The predicted octanol–water partition coefficient (Wildman–Crippen LogP) is 0.668. The van der Waals surface area contributed by atoms with E-state index in [1.165, 1.54) is 0 Å². The highest BCUT2D eigenvalue weighted by Gasteiger charge is 2.32. The number of alkyl halides is 1.